The van der Waals surface area contributed by atoms with E-state index in [9.17, 15) is 4.79 Å². The third-order valence-corrected chi connectivity index (χ3v) is 1.68. The molecule has 1 radical (unpaired) electrons. The lowest BCUT2D eigenvalue weighted by atomic mass is 10.3. The predicted octanol–water partition coefficient (Wildman–Crippen LogP) is 2.47. The molecule has 57 valence electrons. The lowest BCUT2D eigenvalue weighted by Gasteiger charge is -2.00. The minimum Gasteiger partial charge on any atom is -0.316 e. The average Bonchev–Trinajstić information content (AvgIpc) is 1.98. The molecule has 1 aromatic carbocycles. The fourth-order valence-corrected chi connectivity index (χ4v) is 0.985. The molecule has 1 amide bonds. The minimum absolute atomic E-state index is 0.442. The van der Waals surface area contributed by atoms with Gasteiger partial charge in [-0.2, -0.15) is 0 Å². The molecule has 4 heteroatoms. The normalized spacial score (nSPS) is 9.27. The van der Waals surface area contributed by atoms with Crippen LogP contribution in [0.25, 0.3) is 0 Å². The molecule has 0 heterocycles. The van der Waals surface area contributed by atoms with E-state index < -0.39 is 0 Å². The van der Waals surface area contributed by atoms with E-state index in [4.69, 9.17) is 23.2 Å². The van der Waals surface area contributed by atoms with Crippen molar-refractivity contribution in [1.82, 2.24) is 0 Å². The van der Waals surface area contributed by atoms with Gasteiger partial charge in [0.2, 0.25) is 0 Å². The molecule has 0 bridgehead atoms. The maximum absolute atomic E-state index is 9.90. The highest BCUT2D eigenvalue weighted by molar-refractivity contribution is 6.35. The number of benzene rings is 1. The number of carbonyl (C=O) groups excluding carboxylic acids is 1. The van der Waals surface area contributed by atoms with Gasteiger partial charge in [0.15, 0.2) is 0 Å². The molecule has 0 unspecified atom stereocenters. The van der Waals surface area contributed by atoms with Gasteiger partial charge in [0.05, 0.1) is 10.7 Å². The van der Waals surface area contributed by atoms with Crippen molar-refractivity contribution < 1.29 is 4.79 Å². The number of hydrogen-bond donors (Lipinski definition) is 1. The molecular formula is C7H4Cl2NO. The van der Waals surface area contributed by atoms with E-state index in [-0.39, 0.29) is 0 Å². The van der Waals surface area contributed by atoms with Crippen molar-refractivity contribution in [3.8, 4) is 0 Å². The SMILES string of the molecule is O=[C]Nc1cc(Cl)ccc1Cl. The van der Waals surface area contributed by atoms with E-state index in [0.717, 1.165) is 0 Å². The summed E-state index contributed by atoms with van der Waals surface area (Å²) >= 11 is 11.3. The maximum atomic E-state index is 9.90. The number of nitrogens with one attached hydrogen (secondary N) is 1. The first-order valence-electron chi connectivity index (χ1n) is 2.82. The van der Waals surface area contributed by atoms with Crippen LogP contribution in [0.3, 0.4) is 0 Å². The second kappa shape index (κ2) is 3.60. The average molecular weight is 189 g/mol. The van der Waals surface area contributed by atoms with E-state index in [1.165, 1.54) is 6.41 Å². The summed E-state index contributed by atoms with van der Waals surface area (Å²) in [5.74, 6) is 0. The molecular weight excluding hydrogens is 185 g/mol. The Balaban J connectivity index is 3.01. The van der Waals surface area contributed by atoms with Crippen molar-refractivity contribution >= 4 is 35.3 Å². The summed E-state index contributed by atoms with van der Waals surface area (Å²) in [7, 11) is 0. The van der Waals surface area contributed by atoms with Crippen LogP contribution in [0.15, 0.2) is 18.2 Å². The topological polar surface area (TPSA) is 29.1 Å². The zero-order valence-corrected chi connectivity index (χ0v) is 6.91. The van der Waals surface area contributed by atoms with Crippen LogP contribution in [0, 0.1) is 0 Å². The van der Waals surface area contributed by atoms with Crippen LogP contribution >= 0.6 is 23.2 Å². The molecule has 1 rings (SSSR count). The molecule has 0 saturated carbocycles. The Hall–Kier alpha value is -0.730. The molecule has 0 aromatic heterocycles. The van der Waals surface area contributed by atoms with Crippen molar-refractivity contribution in [1.29, 1.82) is 0 Å². The largest absolute Gasteiger partial charge is 0.316 e. The Kier molecular flexibility index (Phi) is 2.74. The first-order valence-corrected chi connectivity index (χ1v) is 3.58. The smallest absolute Gasteiger partial charge is 0.314 e. The Morgan fingerprint density at radius 2 is 2.09 bits per heavy atom. The lowest BCUT2D eigenvalue weighted by Crippen LogP contribution is -1.93. The molecule has 2 nitrogen and oxygen atoms in total. The van der Waals surface area contributed by atoms with Gasteiger partial charge >= 0.3 is 6.41 Å². The van der Waals surface area contributed by atoms with Crippen LogP contribution in [0.2, 0.25) is 10.0 Å². The third kappa shape index (κ3) is 2.10. The monoisotopic (exact) mass is 188 g/mol. The summed E-state index contributed by atoms with van der Waals surface area (Å²) in [6.07, 6.45) is 1.51. The molecule has 0 aliphatic carbocycles. The molecule has 1 N–H and O–H groups in total. The summed E-state index contributed by atoms with van der Waals surface area (Å²) in [6, 6.07) is 4.79. The first-order chi connectivity index (χ1) is 5.24. The Bertz CT molecular complexity index is 275. The van der Waals surface area contributed by atoms with E-state index >= 15 is 0 Å². The van der Waals surface area contributed by atoms with E-state index in [0.29, 0.717) is 15.7 Å². The molecule has 0 saturated heterocycles. The zero-order chi connectivity index (χ0) is 8.27. The Morgan fingerprint density at radius 3 is 2.73 bits per heavy atom. The van der Waals surface area contributed by atoms with Crippen LogP contribution in [0.4, 0.5) is 5.69 Å². The lowest BCUT2D eigenvalue weighted by molar-refractivity contribution is 0.561. The second-order valence-electron chi connectivity index (χ2n) is 1.85. The molecule has 0 aliphatic rings. The van der Waals surface area contributed by atoms with Crippen molar-refractivity contribution in [3.05, 3.63) is 28.2 Å². The van der Waals surface area contributed by atoms with Crippen LogP contribution < -0.4 is 5.32 Å². The van der Waals surface area contributed by atoms with Gasteiger partial charge in [-0.15, -0.1) is 0 Å². The maximum Gasteiger partial charge on any atom is 0.314 e. The Labute approximate surface area is 74.1 Å². The van der Waals surface area contributed by atoms with Gasteiger partial charge in [0, 0.05) is 5.02 Å². The fraction of sp³-hybridized carbons (Fsp3) is 0. The quantitative estimate of drug-likeness (QED) is 0.711. The molecule has 0 spiro atoms. The van der Waals surface area contributed by atoms with Crippen LogP contribution in [-0.4, -0.2) is 6.41 Å². The van der Waals surface area contributed by atoms with Crippen molar-refractivity contribution in [2.75, 3.05) is 5.32 Å². The summed E-state index contributed by atoms with van der Waals surface area (Å²) in [5, 5.41) is 3.26. The minimum atomic E-state index is 0.442. The molecule has 11 heavy (non-hydrogen) atoms. The van der Waals surface area contributed by atoms with Crippen molar-refractivity contribution in [2.24, 2.45) is 0 Å². The van der Waals surface area contributed by atoms with E-state index in [2.05, 4.69) is 5.32 Å². The number of hydrogen-bond acceptors (Lipinski definition) is 1. The first kappa shape index (κ1) is 8.37. The van der Waals surface area contributed by atoms with Crippen LogP contribution in [0.5, 0.6) is 0 Å². The van der Waals surface area contributed by atoms with Crippen LogP contribution in [-0.2, 0) is 4.79 Å². The molecule has 0 atom stereocenters. The number of halogens is 2. The van der Waals surface area contributed by atoms with E-state index in [1.54, 1.807) is 18.2 Å². The third-order valence-electron chi connectivity index (χ3n) is 1.11. The molecule has 1 aromatic rings. The van der Waals surface area contributed by atoms with Crippen molar-refractivity contribution in [3.63, 3.8) is 0 Å². The van der Waals surface area contributed by atoms with Gasteiger partial charge in [0.25, 0.3) is 0 Å². The molecule has 0 fully saturated rings. The fourth-order valence-electron chi connectivity index (χ4n) is 0.648. The Morgan fingerprint density at radius 1 is 1.36 bits per heavy atom. The summed E-state index contributed by atoms with van der Waals surface area (Å²) in [6.45, 7) is 0. The number of anilines is 1. The molecule has 0 aliphatic heterocycles. The van der Waals surface area contributed by atoms with Gasteiger partial charge in [-0.25, -0.2) is 0 Å². The van der Waals surface area contributed by atoms with Gasteiger partial charge in [-0.05, 0) is 18.2 Å². The highest BCUT2D eigenvalue weighted by Crippen LogP contribution is 2.24. The summed E-state index contributed by atoms with van der Waals surface area (Å²) in [4.78, 5) is 9.90. The summed E-state index contributed by atoms with van der Waals surface area (Å²) in [5.41, 5.74) is 0.467. The highest BCUT2D eigenvalue weighted by atomic mass is 35.5. The van der Waals surface area contributed by atoms with Gasteiger partial charge in [-0.1, -0.05) is 23.2 Å². The van der Waals surface area contributed by atoms with Gasteiger partial charge in [-0.3, -0.25) is 4.79 Å². The van der Waals surface area contributed by atoms with Gasteiger partial charge in [0.1, 0.15) is 0 Å². The summed E-state index contributed by atoms with van der Waals surface area (Å²) < 4.78 is 0. The van der Waals surface area contributed by atoms with Gasteiger partial charge < -0.3 is 5.32 Å². The zero-order valence-electron chi connectivity index (χ0n) is 5.40. The second-order valence-corrected chi connectivity index (χ2v) is 2.69. The van der Waals surface area contributed by atoms with E-state index in [1.807, 2.05) is 0 Å². The standard InChI is InChI=1S/C7H4Cl2NO/c8-5-1-2-6(9)7(3-5)10-4-11/h1-3H,(H,10,11). The number of amides is 1. The van der Waals surface area contributed by atoms with Crippen molar-refractivity contribution in [2.45, 2.75) is 0 Å². The number of rotatable bonds is 2. The predicted molar refractivity (Wildman–Crippen MR) is 45.8 cm³/mol. The highest BCUT2D eigenvalue weighted by Gasteiger charge is 1.98. The van der Waals surface area contributed by atoms with Crippen LogP contribution in [0.1, 0.15) is 0 Å².